The molecular weight excluding hydrogens is 338 g/mol. The van der Waals surface area contributed by atoms with E-state index < -0.39 is 8.07 Å². The van der Waals surface area contributed by atoms with Gasteiger partial charge in [-0.3, -0.25) is 0 Å². The van der Waals surface area contributed by atoms with Gasteiger partial charge in [-0.25, -0.2) is 0 Å². The fourth-order valence-electron chi connectivity index (χ4n) is 2.45. The number of benzene rings is 2. The van der Waals surface area contributed by atoms with Crippen molar-refractivity contribution in [2.45, 2.75) is 40.0 Å². The van der Waals surface area contributed by atoms with Crippen molar-refractivity contribution >= 4 is 34.9 Å². The summed E-state index contributed by atoms with van der Waals surface area (Å²) in [6.45, 7) is 12.3. The maximum atomic E-state index is 3.65. The van der Waals surface area contributed by atoms with E-state index in [1.165, 1.54) is 27.6 Å². The molecule has 0 fully saturated rings. The first-order valence-electron chi connectivity index (χ1n) is 7.37. The molecule has 0 unspecified atom stereocenters. The molecule has 1 N–H and O–H groups in total. The summed E-state index contributed by atoms with van der Waals surface area (Å²) < 4.78 is 1.14. The van der Waals surface area contributed by atoms with Gasteiger partial charge >= 0.3 is 0 Å². The SMILES string of the molecule is Cc1cc(C)c(NCc2ccc([Si](C)(C)C)cc2)c(Br)c1. The molecule has 0 aliphatic heterocycles. The van der Waals surface area contributed by atoms with Crippen molar-refractivity contribution in [3.63, 3.8) is 0 Å². The Balaban J connectivity index is 2.10. The molecular formula is C18H24BrNSi. The lowest BCUT2D eigenvalue weighted by Crippen LogP contribution is -2.37. The third-order valence-corrected chi connectivity index (χ3v) is 6.41. The minimum Gasteiger partial charge on any atom is -0.380 e. The van der Waals surface area contributed by atoms with E-state index >= 15 is 0 Å². The van der Waals surface area contributed by atoms with Crippen molar-refractivity contribution in [2.24, 2.45) is 0 Å². The second-order valence-electron chi connectivity index (χ2n) is 6.74. The number of hydrogen-bond acceptors (Lipinski definition) is 1. The molecule has 0 saturated carbocycles. The number of halogens is 1. The normalized spacial score (nSPS) is 11.5. The molecule has 2 rings (SSSR count). The molecule has 0 aromatic heterocycles. The van der Waals surface area contributed by atoms with Crippen LogP contribution in [-0.2, 0) is 6.54 Å². The molecule has 2 aromatic rings. The summed E-state index contributed by atoms with van der Waals surface area (Å²) in [5.74, 6) is 0. The molecule has 112 valence electrons. The van der Waals surface area contributed by atoms with Crippen molar-refractivity contribution in [2.75, 3.05) is 5.32 Å². The summed E-state index contributed by atoms with van der Waals surface area (Å²) in [6, 6.07) is 13.4. The number of hydrogen-bond donors (Lipinski definition) is 1. The maximum absolute atomic E-state index is 3.65. The number of anilines is 1. The molecule has 0 heterocycles. The lowest BCUT2D eigenvalue weighted by molar-refractivity contribution is 1.13. The summed E-state index contributed by atoms with van der Waals surface area (Å²) >= 11 is 3.65. The molecule has 21 heavy (non-hydrogen) atoms. The van der Waals surface area contributed by atoms with Crippen molar-refractivity contribution in [3.05, 3.63) is 57.6 Å². The summed E-state index contributed by atoms with van der Waals surface area (Å²) in [5, 5.41) is 5.06. The van der Waals surface area contributed by atoms with E-state index in [2.05, 4.69) is 91.1 Å². The minimum atomic E-state index is -1.20. The first-order chi connectivity index (χ1) is 9.77. The Morgan fingerprint density at radius 1 is 1.00 bits per heavy atom. The quantitative estimate of drug-likeness (QED) is 0.735. The Kier molecular flexibility index (Phi) is 4.94. The van der Waals surface area contributed by atoms with Gasteiger partial charge < -0.3 is 5.32 Å². The predicted molar refractivity (Wildman–Crippen MR) is 100 cm³/mol. The third kappa shape index (κ3) is 4.21. The largest absolute Gasteiger partial charge is 0.380 e. The molecule has 1 nitrogen and oxygen atoms in total. The standard InChI is InChI=1S/C18H24BrNSi/c1-13-10-14(2)18(17(19)11-13)20-12-15-6-8-16(9-7-15)21(3,4)5/h6-11,20H,12H2,1-5H3. The van der Waals surface area contributed by atoms with Crippen LogP contribution in [0.2, 0.25) is 19.6 Å². The van der Waals surface area contributed by atoms with Crippen LogP contribution in [-0.4, -0.2) is 8.07 Å². The monoisotopic (exact) mass is 361 g/mol. The molecule has 0 spiro atoms. The zero-order chi connectivity index (χ0) is 15.6. The molecule has 0 radical (unpaired) electrons. The van der Waals surface area contributed by atoms with Crippen LogP contribution in [0.4, 0.5) is 5.69 Å². The molecule has 2 aromatic carbocycles. The van der Waals surface area contributed by atoms with E-state index in [0.29, 0.717) is 0 Å². The molecule has 3 heteroatoms. The van der Waals surface area contributed by atoms with Gasteiger partial charge in [-0.05, 0) is 52.5 Å². The summed E-state index contributed by atoms with van der Waals surface area (Å²) in [5.41, 5.74) is 5.07. The summed E-state index contributed by atoms with van der Waals surface area (Å²) in [7, 11) is -1.20. The highest BCUT2D eigenvalue weighted by molar-refractivity contribution is 9.10. The zero-order valence-corrected chi connectivity index (χ0v) is 16.1. The summed E-state index contributed by atoms with van der Waals surface area (Å²) in [4.78, 5) is 0. The predicted octanol–water partition coefficient (Wildman–Crippen LogP) is 5.22. The lowest BCUT2D eigenvalue weighted by atomic mass is 10.1. The van der Waals surface area contributed by atoms with Gasteiger partial charge in [0.05, 0.1) is 13.8 Å². The second kappa shape index (κ2) is 6.37. The van der Waals surface area contributed by atoms with Crippen LogP contribution >= 0.6 is 15.9 Å². The van der Waals surface area contributed by atoms with Gasteiger partial charge in [0.15, 0.2) is 0 Å². The highest BCUT2D eigenvalue weighted by Gasteiger charge is 2.15. The van der Waals surface area contributed by atoms with Crippen molar-refractivity contribution in [1.29, 1.82) is 0 Å². The summed E-state index contributed by atoms with van der Waals surface area (Å²) in [6.07, 6.45) is 0. The van der Waals surface area contributed by atoms with Crippen LogP contribution in [0.5, 0.6) is 0 Å². The van der Waals surface area contributed by atoms with Gasteiger partial charge in [0.25, 0.3) is 0 Å². The van der Waals surface area contributed by atoms with Crippen LogP contribution in [0.25, 0.3) is 0 Å². The van der Waals surface area contributed by atoms with Gasteiger partial charge in [0.1, 0.15) is 0 Å². The van der Waals surface area contributed by atoms with Gasteiger partial charge in [-0.2, -0.15) is 0 Å². The lowest BCUT2D eigenvalue weighted by Gasteiger charge is -2.17. The van der Waals surface area contributed by atoms with Crippen LogP contribution in [0.15, 0.2) is 40.9 Å². The van der Waals surface area contributed by atoms with Crippen LogP contribution in [0.3, 0.4) is 0 Å². The molecule has 0 saturated heterocycles. The smallest absolute Gasteiger partial charge is 0.0775 e. The number of rotatable bonds is 4. The molecule has 0 aliphatic rings. The first-order valence-corrected chi connectivity index (χ1v) is 11.7. The molecule has 0 amide bonds. The highest BCUT2D eigenvalue weighted by atomic mass is 79.9. The van der Waals surface area contributed by atoms with Crippen LogP contribution in [0.1, 0.15) is 16.7 Å². The number of aryl methyl sites for hydroxylation is 2. The average Bonchev–Trinajstić information content (AvgIpc) is 2.37. The first kappa shape index (κ1) is 16.3. The van der Waals surface area contributed by atoms with E-state index in [1.807, 2.05) is 0 Å². The van der Waals surface area contributed by atoms with E-state index in [-0.39, 0.29) is 0 Å². The fourth-order valence-corrected chi connectivity index (χ4v) is 4.43. The topological polar surface area (TPSA) is 12.0 Å². The van der Waals surface area contributed by atoms with Gasteiger partial charge in [0, 0.05) is 11.0 Å². The maximum Gasteiger partial charge on any atom is 0.0775 e. The Hall–Kier alpha value is -1.06. The molecule has 0 atom stereocenters. The minimum absolute atomic E-state index is 0.856. The van der Waals surface area contributed by atoms with Crippen molar-refractivity contribution in [1.82, 2.24) is 0 Å². The van der Waals surface area contributed by atoms with E-state index in [0.717, 1.165) is 11.0 Å². The zero-order valence-electron chi connectivity index (χ0n) is 13.5. The van der Waals surface area contributed by atoms with Crippen molar-refractivity contribution < 1.29 is 0 Å². The van der Waals surface area contributed by atoms with Crippen LogP contribution in [0, 0.1) is 13.8 Å². The van der Waals surface area contributed by atoms with E-state index in [4.69, 9.17) is 0 Å². The van der Waals surface area contributed by atoms with Crippen molar-refractivity contribution in [3.8, 4) is 0 Å². The number of nitrogens with one attached hydrogen (secondary N) is 1. The third-order valence-electron chi connectivity index (χ3n) is 3.72. The van der Waals surface area contributed by atoms with E-state index in [9.17, 15) is 0 Å². The molecule has 0 bridgehead atoms. The Morgan fingerprint density at radius 3 is 2.14 bits per heavy atom. The highest BCUT2D eigenvalue weighted by Crippen LogP contribution is 2.28. The van der Waals surface area contributed by atoms with Gasteiger partial charge in [-0.1, -0.05) is 55.2 Å². The Labute approximate surface area is 137 Å². The second-order valence-corrected chi connectivity index (χ2v) is 12.7. The Morgan fingerprint density at radius 2 is 1.62 bits per heavy atom. The molecule has 0 aliphatic carbocycles. The fraction of sp³-hybridized carbons (Fsp3) is 0.333. The Bertz CT molecular complexity index is 604. The van der Waals surface area contributed by atoms with Gasteiger partial charge in [0.2, 0.25) is 0 Å². The van der Waals surface area contributed by atoms with E-state index in [1.54, 1.807) is 0 Å². The average molecular weight is 362 g/mol. The van der Waals surface area contributed by atoms with Crippen LogP contribution < -0.4 is 10.5 Å². The van der Waals surface area contributed by atoms with Gasteiger partial charge in [-0.15, -0.1) is 0 Å².